The van der Waals surface area contributed by atoms with Gasteiger partial charge in [0.1, 0.15) is 0 Å². The van der Waals surface area contributed by atoms with Gasteiger partial charge in [-0.2, -0.15) is 0 Å². The third-order valence-electron chi connectivity index (χ3n) is 6.15. The van der Waals surface area contributed by atoms with Gasteiger partial charge in [-0.15, -0.1) is 0 Å². The fourth-order valence-electron chi connectivity index (χ4n) is 4.42. The summed E-state index contributed by atoms with van der Waals surface area (Å²) < 4.78 is 0. The van der Waals surface area contributed by atoms with E-state index in [2.05, 4.69) is 45.1 Å². The molecular formula is C21H28N6O. The molecule has 3 aliphatic rings. The number of aromatic nitrogens is 2. The number of allylic oxidation sites excluding steroid dienone is 1. The maximum Gasteiger partial charge on any atom is 0.227 e. The molecule has 148 valence electrons. The van der Waals surface area contributed by atoms with E-state index in [0.29, 0.717) is 17.6 Å². The highest BCUT2D eigenvalue weighted by atomic mass is 16.2. The van der Waals surface area contributed by atoms with Crippen LogP contribution in [0.2, 0.25) is 0 Å². The summed E-state index contributed by atoms with van der Waals surface area (Å²) in [6, 6.07) is 2.40. The van der Waals surface area contributed by atoms with E-state index in [0.717, 1.165) is 31.4 Å². The fraction of sp³-hybridized carbons (Fsp3) is 0.524. The molecule has 2 aliphatic heterocycles. The monoisotopic (exact) mass is 380 g/mol. The van der Waals surface area contributed by atoms with Gasteiger partial charge >= 0.3 is 0 Å². The van der Waals surface area contributed by atoms with Crippen LogP contribution in [0.4, 0.5) is 5.95 Å². The van der Waals surface area contributed by atoms with Gasteiger partial charge in [-0.05, 0) is 42.7 Å². The third-order valence-corrected chi connectivity index (χ3v) is 6.15. The van der Waals surface area contributed by atoms with Gasteiger partial charge in [-0.25, -0.2) is 9.97 Å². The summed E-state index contributed by atoms with van der Waals surface area (Å²) in [6.45, 7) is 4.37. The third kappa shape index (κ3) is 3.41. The Kier molecular flexibility index (Phi) is 4.69. The van der Waals surface area contributed by atoms with Crippen molar-refractivity contribution in [3.05, 3.63) is 35.9 Å². The molecule has 4 rings (SSSR count). The quantitative estimate of drug-likeness (QED) is 0.766. The van der Waals surface area contributed by atoms with E-state index in [4.69, 9.17) is 5.73 Å². The zero-order valence-corrected chi connectivity index (χ0v) is 16.7. The van der Waals surface area contributed by atoms with E-state index in [1.807, 2.05) is 6.07 Å². The summed E-state index contributed by atoms with van der Waals surface area (Å²) >= 11 is 0. The molecule has 3 heterocycles. The highest BCUT2D eigenvalue weighted by Crippen LogP contribution is 2.54. The van der Waals surface area contributed by atoms with Crippen LogP contribution >= 0.6 is 0 Å². The molecule has 1 amide bonds. The second kappa shape index (κ2) is 7.04. The second-order valence-corrected chi connectivity index (χ2v) is 8.59. The molecule has 1 saturated carbocycles. The molecule has 28 heavy (non-hydrogen) atoms. The summed E-state index contributed by atoms with van der Waals surface area (Å²) in [5.74, 6) is 1.03. The molecule has 0 radical (unpaired) electrons. The number of nitrogens with zero attached hydrogens (tertiary/aromatic N) is 4. The topological polar surface area (TPSA) is 96.5 Å². The van der Waals surface area contributed by atoms with Gasteiger partial charge in [-0.1, -0.05) is 19.9 Å². The van der Waals surface area contributed by atoms with Crippen LogP contribution in [0.3, 0.4) is 0 Å². The first-order valence-corrected chi connectivity index (χ1v) is 9.90. The van der Waals surface area contributed by atoms with Gasteiger partial charge in [0.25, 0.3) is 0 Å². The van der Waals surface area contributed by atoms with Crippen molar-refractivity contribution >= 4 is 23.6 Å². The van der Waals surface area contributed by atoms with E-state index in [1.165, 1.54) is 11.8 Å². The average molecular weight is 380 g/mol. The molecule has 3 atom stereocenters. The van der Waals surface area contributed by atoms with E-state index < -0.39 is 0 Å². The number of carbonyl (C=O) groups excluding carboxylic acids is 1. The molecule has 3 N–H and O–H groups in total. The first-order chi connectivity index (χ1) is 13.4. The van der Waals surface area contributed by atoms with Crippen molar-refractivity contribution in [1.29, 1.82) is 0 Å². The molecule has 1 aromatic rings. The van der Waals surface area contributed by atoms with Crippen LogP contribution in [-0.4, -0.2) is 46.1 Å². The van der Waals surface area contributed by atoms with Gasteiger partial charge in [0.15, 0.2) is 0 Å². The molecular weight excluding hydrogens is 352 g/mol. The van der Waals surface area contributed by atoms with Crippen molar-refractivity contribution in [2.45, 2.75) is 51.6 Å². The average Bonchev–Trinajstić information content (AvgIpc) is 3.24. The Bertz CT molecular complexity index is 871. The SMILES string of the molecule is CN=CC(=CN)Nc1nccc(C2=CC3CCC(C2)N3C(=O)C2CC2(C)C)n1. The van der Waals surface area contributed by atoms with Crippen LogP contribution in [0.15, 0.2) is 35.2 Å². The first-order valence-electron chi connectivity index (χ1n) is 9.90. The van der Waals surface area contributed by atoms with Crippen LogP contribution < -0.4 is 11.1 Å². The zero-order chi connectivity index (χ0) is 19.9. The summed E-state index contributed by atoms with van der Waals surface area (Å²) in [6.07, 6.45) is 11.0. The molecule has 2 fully saturated rings. The zero-order valence-electron chi connectivity index (χ0n) is 16.7. The van der Waals surface area contributed by atoms with Crippen molar-refractivity contribution in [2.75, 3.05) is 12.4 Å². The Morgan fingerprint density at radius 3 is 2.86 bits per heavy atom. The number of nitrogens with two attached hydrogens (primary N) is 1. The number of hydrogen-bond acceptors (Lipinski definition) is 6. The van der Waals surface area contributed by atoms with Crippen LogP contribution in [0.1, 0.15) is 45.2 Å². The molecule has 0 spiro atoms. The Balaban J connectivity index is 1.53. The molecule has 0 aromatic carbocycles. The lowest BCUT2D eigenvalue weighted by Crippen LogP contribution is -2.44. The minimum Gasteiger partial charge on any atom is -0.403 e. The van der Waals surface area contributed by atoms with Gasteiger partial charge in [0.05, 0.1) is 17.4 Å². The maximum atomic E-state index is 13.0. The number of rotatable bonds is 5. The van der Waals surface area contributed by atoms with Crippen molar-refractivity contribution < 1.29 is 4.79 Å². The van der Waals surface area contributed by atoms with Gasteiger partial charge in [0, 0.05) is 37.6 Å². The van der Waals surface area contributed by atoms with E-state index in [9.17, 15) is 4.79 Å². The normalized spacial score (nSPS) is 28.4. The largest absolute Gasteiger partial charge is 0.403 e. The lowest BCUT2D eigenvalue weighted by atomic mass is 9.97. The number of nitrogens with one attached hydrogen (secondary N) is 1. The van der Waals surface area contributed by atoms with Crippen molar-refractivity contribution in [1.82, 2.24) is 14.9 Å². The summed E-state index contributed by atoms with van der Waals surface area (Å²) in [4.78, 5) is 28.0. The van der Waals surface area contributed by atoms with E-state index in [-0.39, 0.29) is 23.4 Å². The molecule has 7 heteroatoms. The van der Waals surface area contributed by atoms with Crippen LogP contribution in [-0.2, 0) is 4.79 Å². The number of amides is 1. The smallest absolute Gasteiger partial charge is 0.227 e. The number of aliphatic imine (C=N–C) groups is 1. The number of hydrogen-bond donors (Lipinski definition) is 2. The molecule has 7 nitrogen and oxygen atoms in total. The van der Waals surface area contributed by atoms with Crippen LogP contribution in [0.5, 0.6) is 0 Å². The Morgan fingerprint density at radius 1 is 1.43 bits per heavy atom. The van der Waals surface area contributed by atoms with Crippen molar-refractivity contribution in [3.8, 4) is 0 Å². The van der Waals surface area contributed by atoms with Crippen molar-refractivity contribution in [2.24, 2.45) is 22.1 Å². The van der Waals surface area contributed by atoms with E-state index in [1.54, 1.807) is 19.5 Å². The highest BCUT2D eigenvalue weighted by Gasteiger charge is 2.54. The lowest BCUT2D eigenvalue weighted by molar-refractivity contribution is -0.135. The Labute approximate surface area is 165 Å². The number of carbonyl (C=O) groups is 1. The van der Waals surface area contributed by atoms with Gasteiger partial charge in [-0.3, -0.25) is 9.79 Å². The minimum atomic E-state index is 0.170. The molecule has 1 saturated heterocycles. The van der Waals surface area contributed by atoms with E-state index >= 15 is 0 Å². The van der Waals surface area contributed by atoms with Crippen molar-refractivity contribution in [3.63, 3.8) is 0 Å². The van der Waals surface area contributed by atoms with Crippen LogP contribution in [0.25, 0.3) is 5.57 Å². The minimum absolute atomic E-state index is 0.170. The van der Waals surface area contributed by atoms with Crippen LogP contribution in [0, 0.1) is 11.3 Å². The summed E-state index contributed by atoms with van der Waals surface area (Å²) in [5.41, 5.74) is 8.51. The summed E-state index contributed by atoms with van der Waals surface area (Å²) in [7, 11) is 1.68. The first kappa shape index (κ1) is 18.7. The lowest BCUT2D eigenvalue weighted by Gasteiger charge is -2.34. The standard InChI is InChI=1S/C21H28N6O/c1-21(2)10-17(21)19(28)27-15-4-5-16(27)9-13(8-15)18-6-7-24-20(26-18)25-14(11-22)12-23-3/h6-8,11-12,15-17H,4-5,9-10,22H2,1-3H3,(H,24,25,26). The molecule has 2 bridgehead atoms. The fourth-order valence-corrected chi connectivity index (χ4v) is 4.42. The Hall–Kier alpha value is -2.70. The number of anilines is 1. The second-order valence-electron chi connectivity index (χ2n) is 8.59. The predicted molar refractivity (Wildman–Crippen MR) is 110 cm³/mol. The number of fused-ring (bicyclic) bond motifs is 2. The van der Waals surface area contributed by atoms with Gasteiger partial charge < -0.3 is 16.0 Å². The Morgan fingerprint density at radius 2 is 2.21 bits per heavy atom. The molecule has 3 unspecified atom stereocenters. The molecule has 1 aliphatic carbocycles. The summed E-state index contributed by atoms with van der Waals surface area (Å²) in [5, 5.41) is 3.08. The molecule has 1 aromatic heterocycles. The maximum absolute atomic E-state index is 13.0. The van der Waals surface area contributed by atoms with Gasteiger partial charge in [0.2, 0.25) is 11.9 Å². The highest BCUT2D eigenvalue weighted by molar-refractivity contribution is 5.85. The predicted octanol–water partition coefficient (Wildman–Crippen LogP) is 2.58.